The van der Waals surface area contributed by atoms with Crippen molar-refractivity contribution in [3.05, 3.63) is 58.9 Å². The molecule has 0 spiro atoms. The van der Waals surface area contributed by atoms with Crippen LogP contribution in [0.25, 0.3) is 0 Å². The molecule has 1 heteroatoms. The molecule has 2 aromatic rings. The molecule has 1 nitrogen and oxygen atoms in total. The lowest BCUT2D eigenvalue weighted by Crippen LogP contribution is -1.89. The lowest BCUT2D eigenvalue weighted by atomic mass is 10.1. The van der Waals surface area contributed by atoms with E-state index in [1.54, 1.807) is 5.56 Å². The molecule has 1 N–H and O–H groups in total. The largest absolute Gasteiger partial charge is 0.362 e. The summed E-state index contributed by atoms with van der Waals surface area (Å²) in [5.41, 5.74) is 5.77. The molecule has 1 aliphatic rings. The number of benzene rings is 1. The quantitative estimate of drug-likeness (QED) is 0.761. The second kappa shape index (κ2) is 3.58. The Morgan fingerprint density at radius 3 is 2.73 bits per heavy atom. The van der Waals surface area contributed by atoms with Gasteiger partial charge in [0.1, 0.15) is 0 Å². The van der Waals surface area contributed by atoms with Crippen LogP contribution < -0.4 is 0 Å². The number of fused-ring (bicyclic) bond motifs is 1. The summed E-state index contributed by atoms with van der Waals surface area (Å²) >= 11 is 0. The lowest BCUT2D eigenvalue weighted by Gasteiger charge is -1.98. The number of hydrogen-bond donors (Lipinski definition) is 1. The summed E-state index contributed by atoms with van der Waals surface area (Å²) in [5.74, 6) is 0. The van der Waals surface area contributed by atoms with Gasteiger partial charge in [0, 0.05) is 17.8 Å². The van der Waals surface area contributed by atoms with Gasteiger partial charge in [-0.1, -0.05) is 30.3 Å². The Balaban J connectivity index is 1.83. The Morgan fingerprint density at radius 2 is 1.93 bits per heavy atom. The van der Waals surface area contributed by atoms with E-state index >= 15 is 0 Å². The van der Waals surface area contributed by atoms with Crippen molar-refractivity contribution >= 4 is 0 Å². The second-order valence-electron chi connectivity index (χ2n) is 4.31. The first-order chi connectivity index (χ1) is 7.42. The third-order valence-corrected chi connectivity index (χ3v) is 3.16. The number of nitrogens with one attached hydrogen (secondary N) is 1. The molecule has 0 saturated carbocycles. The molecule has 0 fully saturated rings. The van der Waals surface area contributed by atoms with Crippen molar-refractivity contribution in [2.45, 2.75) is 25.7 Å². The van der Waals surface area contributed by atoms with E-state index in [9.17, 15) is 0 Å². The van der Waals surface area contributed by atoms with Gasteiger partial charge in [-0.3, -0.25) is 0 Å². The van der Waals surface area contributed by atoms with Crippen LogP contribution in [-0.2, 0) is 19.3 Å². The molecule has 0 unspecified atom stereocenters. The van der Waals surface area contributed by atoms with E-state index in [1.165, 1.54) is 36.2 Å². The van der Waals surface area contributed by atoms with Gasteiger partial charge in [0.25, 0.3) is 0 Å². The van der Waals surface area contributed by atoms with Gasteiger partial charge in [-0.25, -0.2) is 0 Å². The van der Waals surface area contributed by atoms with Crippen molar-refractivity contribution in [2.24, 2.45) is 0 Å². The molecule has 0 amide bonds. The molecule has 0 saturated heterocycles. The highest BCUT2D eigenvalue weighted by Crippen LogP contribution is 2.23. The number of aryl methyl sites for hydroxylation is 2. The first-order valence-electron chi connectivity index (χ1n) is 5.65. The number of aromatic amines is 1. The summed E-state index contributed by atoms with van der Waals surface area (Å²) < 4.78 is 0. The van der Waals surface area contributed by atoms with Gasteiger partial charge in [-0.05, 0) is 36.5 Å². The van der Waals surface area contributed by atoms with Crippen LogP contribution in [0.15, 0.2) is 36.4 Å². The van der Waals surface area contributed by atoms with E-state index in [4.69, 9.17) is 0 Å². The van der Waals surface area contributed by atoms with Crippen molar-refractivity contribution in [3.8, 4) is 0 Å². The van der Waals surface area contributed by atoms with Crippen LogP contribution in [0.2, 0.25) is 0 Å². The predicted octanol–water partition coefficient (Wildman–Crippen LogP) is 3.09. The highest BCUT2D eigenvalue weighted by molar-refractivity contribution is 5.32. The van der Waals surface area contributed by atoms with Gasteiger partial charge < -0.3 is 4.98 Å². The summed E-state index contributed by atoms with van der Waals surface area (Å²) in [5, 5.41) is 0. The average molecular weight is 197 g/mol. The Hall–Kier alpha value is -1.50. The van der Waals surface area contributed by atoms with Crippen molar-refractivity contribution in [2.75, 3.05) is 0 Å². The first kappa shape index (κ1) is 8.78. The molecular weight excluding hydrogens is 182 g/mol. The maximum Gasteiger partial charge on any atom is 0.0196 e. The van der Waals surface area contributed by atoms with E-state index in [-0.39, 0.29) is 0 Å². The molecule has 1 heterocycles. The summed E-state index contributed by atoms with van der Waals surface area (Å²) in [4.78, 5) is 3.54. The number of aromatic nitrogens is 1. The van der Waals surface area contributed by atoms with Crippen LogP contribution in [0.3, 0.4) is 0 Å². The number of hydrogen-bond acceptors (Lipinski definition) is 0. The fraction of sp³-hybridized carbons (Fsp3) is 0.286. The van der Waals surface area contributed by atoms with Crippen LogP contribution in [0, 0.1) is 0 Å². The Bertz CT molecular complexity index is 432. The first-order valence-corrected chi connectivity index (χ1v) is 5.65. The van der Waals surface area contributed by atoms with Gasteiger partial charge in [0.2, 0.25) is 0 Å². The molecule has 0 bridgehead atoms. The standard InChI is InChI=1S/C14H15N/c1-2-5-11(6-3-1)9-13-10-12-7-4-8-14(12)15-13/h1-3,5-6,10,15H,4,7-9H2. The van der Waals surface area contributed by atoms with Crippen LogP contribution in [0.1, 0.15) is 28.9 Å². The summed E-state index contributed by atoms with van der Waals surface area (Å²) in [6.45, 7) is 0. The smallest absolute Gasteiger partial charge is 0.0196 e. The number of rotatable bonds is 2. The molecular formula is C14H15N. The van der Waals surface area contributed by atoms with Gasteiger partial charge in [-0.2, -0.15) is 0 Å². The van der Waals surface area contributed by atoms with Gasteiger partial charge >= 0.3 is 0 Å². The minimum atomic E-state index is 1.04. The van der Waals surface area contributed by atoms with Crippen LogP contribution in [0.5, 0.6) is 0 Å². The minimum Gasteiger partial charge on any atom is -0.362 e. The van der Waals surface area contributed by atoms with Crippen molar-refractivity contribution in [3.63, 3.8) is 0 Å². The molecule has 0 atom stereocenters. The van der Waals surface area contributed by atoms with E-state index in [0.717, 1.165) is 6.42 Å². The Kier molecular flexibility index (Phi) is 2.09. The second-order valence-corrected chi connectivity index (χ2v) is 4.31. The Morgan fingerprint density at radius 1 is 1.07 bits per heavy atom. The zero-order valence-electron chi connectivity index (χ0n) is 8.79. The molecule has 3 rings (SSSR count). The third kappa shape index (κ3) is 1.70. The SMILES string of the molecule is c1ccc(Cc2cc3c([nH]2)CCC3)cc1. The summed E-state index contributed by atoms with van der Waals surface area (Å²) in [6, 6.07) is 13.0. The van der Waals surface area contributed by atoms with E-state index in [1.807, 2.05) is 0 Å². The maximum atomic E-state index is 3.54. The normalized spacial score (nSPS) is 14.1. The molecule has 15 heavy (non-hydrogen) atoms. The van der Waals surface area contributed by atoms with Crippen molar-refractivity contribution in [1.29, 1.82) is 0 Å². The molecule has 0 radical (unpaired) electrons. The average Bonchev–Trinajstić information content (AvgIpc) is 2.79. The number of H-pyrrole nitrogens is 1. The highest BCUT2D eigenvalue weighted by Gasteiger charge is 2.13. The topological polar surface area (TPSA) is 15.8 Å². The fourth-order valence-electron chi connectivity index (χ4n) is 2.42. The molecule has 1 aromatic heterocycles. The van der Waals surface area contributed by atoms with E-state index < -0.39 is 0 Å². The molecule has 0 aliphatic heterocycles. The zero-order valence-corrected chi connectivity index (χ0v) is 8.79. The molecule has 76 valence electrons. The van der Waals surface area contributed by atoms with Crippen LogP contribution >= 0.6 is 0 Å². The van der Waals surface area contributed by atoms with Gasteiger partial charge in [0.15, 0.2) is 0 Å². The fourth-order valence-corrected chi connectivity index (χ4v) is 2.42. The van der Waals surface area contributed by atoms with Crippen molar-refractivity contribution < 1.29 is 0 Å². The van der Waals surface area contributed by atoms with Gasteiger partial charge in [0.05, 0.1) is 0 Å². The highest BCUT2D eigenvalue weighted by atomic mass is 14.7. The molecule has 1 aliphatic carbocycles. The summed E-state index contributed by atoms with van der Waals surface area (Å²) in [7, 11) is 0. The Labute approximate surface area is 90.2 Å². The van der Waals surface area contributed by atoms with E-state index in [0.29, 0.717) is 0 Å². The predicted molar refractivity (Wildman–Crippen MR) is 62.1 cm³/mol. The summed E-state index contributed by atoms with van der Waals surface area (Å²) in [6.07, 6.45) is 4.87. The molecule has 1 aromatic carbocycles. The lowest BCUT2D eigenvalue weighted by molar-refractivity contribution is 0.882. The van der Waals surface area contributed by atoms with Crippen LogP contribution in [-0.4, -0.2) is 4.98 Å². The van der Waals surface area contributed by atoms with Crippen molar-refractivity contribution in [1.82, 2.24) is 4.98 Å². The third-order valence-electron chi connectivity index (χ3n) is 3.16. The monoisotopic (exact) mass is 197 g/mol. The van der Waals surface area contributed by atoms with Crippen LogP contribution in [0.4, 0.5) is 0 Å². The zero-order chi connectivity index (χ0) is 10.1. The van der Waals surface area contributed by atoms with E-state index in [2.05, 4.69) is 41.4 Å². The maximum absolute atomic E-state index is 3.54. The minimum absolute atomic E-state index is 1.04. The van der Waals surface area contributed by atoms with Gasteiger partial charge in [-0.15, -0.1) is 0 Å².